The van der Waals surface area contributed by atoms with Crippen LogP contribution in [-0.2, 0) is 4.79 Å². The summed E-state index contributed by atoms with van der Waals surface area (Å²) in [5.41, 5.74) is -0.656. The van der Waals surface area contributed by atoms with E-state index in [9.17, 15) is 14.7 Å². The molecule has 110 valence electrons. The first-order valence-electron chi connectivity index (χ1n) is 6.39. The molecule has 0 radical (unpaired) electrons. The Kier molecular flexibility index (Phi) is 4.19. The quantitative estimate of drug-likeness (QED) is 0.775. The Morgan fingerprint density at radius 3 is 2.67 bits per heavy atom. The van der Waals surface area contributed by atoms with Crippen LogP contribution in [0.1, 0.15) is 25.3 Å². The zero-order chi connectivity index (χ0) is 15.6. The number of carboxylic acid groups (broad SMARTS) is 1. The number of carboxylic acids is 1. The molecule has 7 heteroatoms. The van der Waals surface area contributed by atoms with Gasteiger partial charge in [0.05, 0.1) is 11.3 Å². The smallest absolute Gasteiger partial charge is 0.329 e. The van der Waals surface area contributed by atoms with Crippen LogP contribution in [0.4, 0.5) is 10.5 Å². The van der Waals surface area contributed by atoms with Crippen molar-refractivity contribution in [2.45, 2.75) is 25.3 Å². The van der Waals surface area contributed by atoms with Crippen LogP contribution in [0.25, 0.3) is 0 Å². The number of nitrogens with zero attached hydrogens (tertiary/aromatic N) is 1. The molecule has 0 saturated heterocycles. The number of benzene rings is 1. The molecule has 3 N–H and O–H groups in total. The lowest BCUT2D eigenvalue weighted by atomic mass is 9.96. The van der Waals surface area contributed by atoms with E-state index in [0.717, 1.165) is 17.3 Å². The van der Waals surface area contributed by atoms with E-state index >= 15 is 0 Å². The van der Waals surface area contributed by atoms with Crippen LogP contribution < -0.4 is 10.6 Å². The Morgan fingerprint density at radius 1 is 1.48 bits per heavy atom. The maximum atomic E-state index is 12.0. The second-order valence-corrected chi connectivity index (χ2v) is 6.08. The first-order valence-corrected chi connectivity index (χ1v) is 7.18. The monoisotopic (exact) mass is 351 g/mol. The lowest BCUT2D eigenvalue weighted by molar-refractivity contribution is -0.144. The summed E-state index contributed by atoms with van der Waals surface area (Å²) in [7, 11) is 0. The van der Waals surface area contributed by atoms with Crippen LogP contribution in [0.5, 0.6) is 0 Å². The minimum absolute atomic E-state index is 0.0545. The van der Waals surface area contributed by atoms with Gasteiger partial charge in [-0.3, -0.25) is 0 Å². The number of hydrogen-bond donors (Lipinski definition) is 3. The minimum Gasteiger partial charge on any atom is -0.480 e. The van der Waals surface area contributed by atoms with Gasteiger partial charge in [0, 0.05) is 4.47 Å². The fraction of sp³-hybridized carbons (Fsp3) is 0.357. The van der Waals surface area contributed by atoms with E-state index in [4.69, 9.17) is 5.26 Å². The van der Waals surface area contributed by atoms with Crippen molar-refractivity contribution in [3.8, 4) is 6.07 Å². The average Bonchev–Trinajstić information content (AvgIpc) is 3.25. The highest BCUT2D eigenvalue weighted by Crippen LogP contribution is 2.39. The van der Waals surface area contributed by atoms with Crippen LogP contribution in [0.3, 0.4) is 0 Å². The molecule has 0 aliphatic heterocycles. The number of nitrogens with one attached hydrogen (secondary N) is 2. The van der Waals surface area contributed by atoms with Gasteiger partial charge in [0.15, 0.2) is 0 Å². The zero-order valence-electron chi connectivity index (χ0n) is 11.3. The maximum Gasteiger partial charge on any atom is 0.329 e. The first-order chi connectivity index (χ1) is 9.86. The van der Waals surface area contributed by atoms with Crippen LogP contribution in [0.15, 0.2) is 22.7 Å². The average molecular weight is 352 g/mol. The predicted molar refractivity (Wildman–Crippen MR) is 79.8 cm³/mol. The molecule has 2 rings (SSSR count). The summed E-state index contributed by atoms with van der Waals surface area (Å²) in [5.74, 6) is -1.11. The summed E-state index contributed by atoms with van der Waals surface area (Å²) in [6, 6.07) is 6.19. The number of aliphatic carboxylic acids is 1. The number of halogens is 1. The molecule has 0 heterocycles. The maximum absolute atomic E-state index is 12.0. The Balaban J connectivity index is 2.12. The van der Waals surface area contributed by atoms with Crippen LogP contribution in [0.2, 0.25) is 0 Å². The third-order valence-corrected chi connectivity index (χ3v) is 4.05. The highest BCUT2D eigenvalue weighted by atomic mass is 79.9. The Morgan fingerprint density at radius 2 is 2.14 bits per heavy atom. The summed E-state index contributed by atoms with van der Waals surface area (Å²) >= 11 is 3.24. The van der Waals surface area contributed by atoms with E-state index in [0.29, 0.717) is 11.3 Å². The molecule has 1 fully saturated rings. The molecule has 0 spiro atoms. The Labute approximate surface area is 130 Å². The third kappa shape index (κ3) is 3.34. The van der Waals surface area contributed by atoms with Gasteiger partial charge in [-0.2, -0.15) is 5.26 Å². The molecular weight excluding hydrogens is 338 g/mol. The van der Waals surface area contributed by atoms with Crippen molar-refractivity contribution in [2.24, 2.45) is 5.92 Å². The topological polar surface area (TPSA) is 102 Å². The predicted octanol–water partition coefficient (Wildman–Crippen LogP) is 2.70. The Bertz CT molecular complexity index is 637. The van der Waals surface area contributed by atoms with Gasteiger partial charge in [-0.1, -0.05) is 15.9 Å². The summed E-state index contributed by atoms with van der Waals surface area (Å²) in [6.07, 6.45) is 1.57. The lowest BCUT2D eigenvalue weighted by Crippen LogP contribution is -2.55. The molecule has 6 nitrogen and oxygen atoms in total. The molecule has 1 atom stereocenters. The van der Waals surface area contributed by atoms with Gasteiger partial charge >= 0.3 is 12.0 Å². The highest BCUT2D eigenvalue weighted by Gasteiger charge is 2.48. The summed E-state index contributed by atoms with van der Waals surface area (Å²) in [4.78, 5) is 23.4. The molecule has 21 heavy (non-hydrogen) atoms. The Hall–Kier alpha value is -2.07. The van der Waals surface area contributed by atoms with Gasteiger partial charge < -0.3 is 15.7 Å². The molecule has 1 unspecified atom stereocenters. The fourth-order valence-electron chi connectivity index (χ4n) is 2.10. The second-order valence-electron chi connectivity index (χ2n) is 5.16. The summed E-state index contributed by atoms with van der Waals surface area (Å²) in [6.45, 7) is 1.50. The van der Waals surface area contributed by atoms with E-state index < -0.39 is 17.5 Å². The van der Waals surface area contributed by atoms with Gasteiger partial charge in [0.1, 0.15) is 11.6 Å². The van der Waals surface area contributed by atoms with Crippen LogP contribution in [-0.4, -0.2) is 22.6 Å². The van der Waals surface area contributed by atoms with E-state index in [1.807, 2.05) is 6.07 Å². The molecule has 0 bridgehead atoms. The number of amides is 2. The second kappa shape index (κ2) is 5.74. The molecule has 0 aromatic heterocycles. The minimum atomic E-state index is -1.29. The van der Waals surface area contributed by atoms with Gasteiger partial charge in [0.25, 0.3) is 0 Å². The number of anilines is 1. The van der Waals surface area contributed by atoms with Gasteiger partial charge in [-0.25, -0.2) is 9.59 Å². The molecular formula is C14H14BrN3O3. The van der Waals surface area contributed by atoms with Crippen molar-refractivity contribution in [1.29, 1.82) is 5.26 Å². The highest BCUT2D eigenvalue weighted by molar-refractivity contribution is 9.10. The molecule has 1 saturated carbocycles. The van der Waals surface area contributed by atoms with E-state index in [-0.39, 0.29) is 5.92 Å². The van der Waals surface area contributed by atoms with Gasteiger partial charge in [0.2, 0.25) is 0 Å². The number of hydrogen-bond acceptors (Lipinski definition) is 3. The zero-order valence-corrected chi connectivity index (χ0v) is 12.9. The van der Waals surface area contributed by atoms with Crippen molar-refractivity contribution >= 4 is 33.6 Å². The lowest BCUT2D eigenvalue weighted by Gasteiger charge is -2.26. The fourth-order valence-corrected chi connectivity index (χ4v) is 2.46. The molecule has 1 aliphatic carbocycles. The largest absolute Gasteiger partial charge is 0.480 e. The summed E-state index contributed by atoms with van der Waals surface area (Å²) < 4.78 is 0.721. The number of urea groups is 1. The first kappa shape index (κ1) is 15.3. The van der Waals surface area contributed by atoms with Crippen molar-refractivity contribution in [3.05, 3.63) is 28.2 Å². The van der Waals surface area contributed by atoms with E-state index in [1.54, 1.807) is 18.2 Å². The molecule has 1 aliphatic rings. The van der Waals surface area contributed by atoms with Crippen molar-refractivity contribution in [1.82, 2.24) is 5.32 Å². The summed E-state index contributed by atoms with van der Waals surface area (Å²) in [5, 5.41) is 23.4. The van der Waals surface area contributed by atoms with E-state index in [1.165, 1.54) is 6.92 Å². The van der Waals surface area contributed by atoms with Crippen molar-refractivity contribution < 1.29 is 14.7 Å². The standard InChI is InChI=1S/C14H14BrN3O3/c1-14(12(19)20,9-2-3-9)18-13(21)17-11-5-4-10(15)6-8(11)7-16/h4-6,9H,2-3H2,1H3,(H,19,20)(H2,17,18,21). The number of nitriles is 1. The molecule has 2 amide bonds. The van der Waals surface area contributed by atoms with Crippen LogP contribution in [0, 0.1) is 17.2 Å². The third-order valence-electron chi connectivity index (χ3n) is 3.56. The SMILES string of the molecule is CC(NC(=O)Nc1ccc(Br)cc1C#N)(C(=O)O)C1CC1. The number of carbonyl (C=O) groups is 2. The van der Waals surface area contributed by atoms with Crippen LogP contribution >= 0.6 is 15.9 Å². The van der Waals surface area contributed by atoms with Gasteiger partial charge in [-0.05, 0) is 43.9 Å². The van der Waals surface area contributed by atoms with Crippen molar-refractivity contribution in [2.75, 3.05) is 5.32 Å². The molecule has 1 aromatic rings. The van der Waals surface area contributed by atoms with E-state index in [2.05, 4.69) is 26.6 Å². The molecule has 1 aromatic carbocycles. The number of carbonyl (C=O) groups excluding carboxylic acids is 1. The van der Waals surface area contributed by atoms with Gasteiger partial charge in [-0.15, -0.1) is 0 Å². The normalized spacial score (nSPS) is 16.4. The number of rotatable bonds is 4. The van der Waals surface area contributed by atoms with Crippen molar-refractivity contribution in [3.63, 3.8) is 0 Å².